The van der Waals surface area contributed by atoms with Crippen LogP contribution in [0.1, 0.15) is 27.2 Å². The van der Waals surface area contributed by atoms with Crippen molar-refractivity contribution in [3.63, 3.8) is 0 Å². The molecule has 0 aromatic carbocycles. The molecule has 0 N–H and O–H groups in total. The van der Waals surface area contributed by atoms with Gasteiger partial charge in [0, 0.05) is 6.54 Å². The molecule has 0 spiro atoms. The van der Waals surface area contributed by atoms with Crippen molar-refractivity contribution in [1.29, 1.82) is 0 Å². The van der Waals surface area contributed by atoms with Gasteiger partial charge >= 0.3 is 0 Å². The van der Waals surface area contributed by atoms with Crippen LogP contribution in [0, 0.1) is 5.41 Å². The van der Waals surface area contributed by atoms with Gasteiger partial charge in [-0.15, -0.1) is 0 Å². The molecule has 0 aliphatic heterocycles. The third-order valence-corrected chi connectivity index (χ3v) is 1.15. The van der Waals surface area contributed by atoms with Crippen LogP contribution in [0.4, 0.5) is 0 Å². The van der Waals surface area contributed by atoms with Gasteiger partial charge in [0.2, 0.25) is 0 Å². The highest BCUT2D eigenvalue weighted by Gasteiger charge is 2.07. The van der Waals surface area contributed by atoms with Gasteiger partial charge in [-0.05, 0) is 18.6 Å². The van der Waals surface area contributed by atoms with Crippen molar-refractivity contribution in [3.8, 4) is 0 Å². The third-order valence-electron chi connectivity index (χ3n) is 1.15. The molecule has 2 nitrogen and oxygen atoms in total. The zero-order valence-corrected chi connectivity index (χ0v) is 7.09. The predicted octanol–water partition coefficient (Wildman–Crippen LogP) is 2.15. The van der Waals surface area contributed by atoms with Gasteiger partial charge < -0.3 is 0 Å². The Morgan fingerprint density at radius 3 is 2.40 bits per heavy atom. The summed E-state index contributed by atoms with van der Waals surface area (Å²) in [7, 11) is 0. The molecule has 0 rings (SSSR count). The number of nitrogens with zero attached hydrogens (tertiary/aromatic N) is 2. The van der Waals surface area contributed by atoms with Gasteiger partial charge in [-0.2, -0.15) is 0 Å². The molecule has 0 bridgehead atoms. The second-order valence-electron chi connectivity index (χ2n) is 3.51. The number of rotatable bonds is 3. The number of hydrogen-bond acceptors (Lipinski definition) is 1. The van der Waals surface area contributed by atoms with Crippen LogP contribution in [0.25, 0.3) is 0 Å². The van der Waals surface area contributed by atoms with Crippen LogP contribution in [0.2, 0.25) is 0 Å². The molecular formula is C8H16N2. The first-order chi connectivity index (χ1) is 4.56. The fraction of sp³-hybridized carbons (Fsp3) is 0.750. The monoisotopic (exact) mass is 140 g/mol. The van der Waals surface area contributed by atoms with Gasteiger partial charge in [0.25, 0.3) is 0 Å². The highest BCUT2D eigenvalue weighted by atomic mass is 14.8. The van der Waals surface area contributed by atoms with Gasteiger partial charge in [-0.3, -0.25) is 9.98 Å². The van der Waals surface area contributed by atoms with E-state index in [-0.39, 0.29) is 0 Å². The summed E-state index contributed by atoms with van der Waals surface area (Å²) in [4.78, 5) is 7.53. The van der Waals surface area contributed by atoms with Crippen molar-refractivity contribution in [2.24, 2.45) is 15.4 Å². The summed E-state index contributed by atoms with van der Waals surface area (Å²) in [6.45, 7) is 10.7. The molecule has 0 aromatic heterocycles. The van der Waals surface area contributed by atoms with Crippen LogP contribution in [0.3, 0.4) is 0 Å². The van der Waals surface area contributed by atoms with E-state index in [2.05, 4.69) is 37.5 Å². The van der Waals surface area contributed by atoms with E-state index >= 15 is 0 Å². The molecule has 10 heavy (non-hydrogen) atoms. The maximum absolute atomic E-state index is 4.02. The van der Waals surface area contributed by atoms with Crippen LogP contribution < -0.4 is 0 Å². The van der Waals surface area contributed by atoms with Gasteiger partial charge in [-0.25, -0.2) is 0 Å². The highest BCUT2D eigenvalue weighted by molar-refractivity contribution is 5.61. The first kappa shape index (κ1) is 9.34. The summed E-state index contributed by atoms with van der Waals surface area (Å²) in [5.41, 5.74) is 0.374. The Morgan fingerprint density at radius 2 is 2.00 bits per heavy atom. The molecule has 2 heteroatoms. The summed E-state index contributed by atoms with van der Waals surface area (Å²) in [6.07, 6.45) is 2.60. The Kier molecular flexibility index (Phi) is 3.93. The summed E-state index contributed by atoms with van der Waals surface area (Å²) in [6, 6.07) is 0. The van der Waals surface area contributed by atoms with E-state index in [0.717, 1.165) is 13.0 Å². The minimum atomic E-state index is 0.374. The molecule has 0 saturated carbocycles. The van der Waals surface area contributed by atoms with E-state index < -0.39 is 0 Å². The smallest absolute Gasteiger partial charge is 0.109 e. The van der Waals surface area contributed by atoms with E-state index in [1.165, 1.54) is 6.34 Å². The molecule has 0 saturated heterocycles. The van der Waals surface area contributed by atoms with Gasteiger partial charge in [0.15, 0.2) is 0 Å². The molecule has 0 atom stereocenters. The minimum absolute atomic E-state index is 0.374. The molecule has 0 aliphatic carbocycles. The van der Waals surface area contributed by atoms with Crippen molar-refractivity contribution in [2.45, 2.75) is 27.2 Å². The van der Waals surface area contributed by atoms with E-state index in [9.17, 15) is 0 Å². The molecule has 0 heterocycles. The van der Waals surface area contributed by atoms with E-state index in [4.69, 9.17) is 0 Å². The summed E-state index contributed by atoms with van der Waals surface area (Å²) >= 11 is 0. The van der Waals surface area contributed by atoms with Crippen LogP contribution in [-0.4, -0.2) is 19.6 Å². The van der Waals surface area contributed by atoms with Crippen LogP contribution in [0.5, 0.6) is 0 Å². The number of aliphatic imine (C=N–C) groups is 2. The van der Waals surface area contributed by atoms with E-state index in [1.807, 2.05) is 0 Å². The van der Waals surface area contributed by atoms with Gasteiger partial charge in [0.05, 0.1) is 0 Å². The molecular weight excluding hydrogens is 124 g/mol. The molecule has 0 aromatic rings. The Morgan fingerprint density at radius 1 is 1.40 bits per heavy atom. The summed E-state index contributed by atoms with van der Waals surface area (Å²) in [5, 5.41) is 0. The Labute approximate surface area is 63.1 Å². The maximum atomic E-state index is 4.02. The third kappa shape index (κ3) is 7.34. The predicted molar refractivity (Wildman–Crippen MR) is 47.0 cm³/mol. The summed E-state index contributed by atoms with van der Waals surface area (Å²) in [5.74, 6) is 0. The largest absolute Gasteiger partial charge is 0.274 e. The van der Waals surface area contributed by atoms with E-state index in [0.29, 0.717) is 5.41 Å². The lowest BCUT2D eigenvalue weighted by Gasteiger charge is -2.15. The molecule has 0 unspecified atom stereocenters. The normalized spacial score (nSPS) is 12.3. The maximum Gasteiger partial charge on any atom is 0.109 e. The molecule has 58 valence electrons. The van der Waals surface area contributed by atoms with Gasteiger partial charge in [0.1, 0.15) is 6.34 Å². The SMILES string of the molecule is C=NC=NCCC(C)(C)C. The fourth-order valence-corrected chi connectivity index (χ4v) is 0.515. The van der Waals surface area contributed by atoms with Crippen molar-refractivity contribution >= 4 is 13.1 Å². The first-order valence-corrected chi connectivity index (χ1v) is 3.50. The molecule has 0 radical (unpaired) electrons. The Hall–Kier alpha value is -0.660. The van der Waals surface area contributed by atoms with Crippen LogP contribution >= 0.6 is 0 Å². The minimum Gasteiger partial charge on any atom is -0.274 e. The Balaban J connectivity index is 3.37. The highest BCUT2D eigenvalue weighted by Crippen LogP contribution is 2.17. The van der Waals surface area contributed by atoms with Crippen molar-refractivity contribution in [2.75, 3.05) is 6.54 Å². The van der Waals surface area contributed by atoms with Crippen molar-refractivity contribution in [3.05, 3.63) is 0 Å². The van der Waals surface area contributed by atoms with Crippen molar-refractivity contribution < 1.29 is 0 Å². The van der Waals surface area contributed by atoms with Crippen LogP contribution in [0.15, 0.2) is 9.98 Å². The quantitative estimate of drug-likeness (QED) is 0.424. The lowest BCUT2D eigenvalue weighted by atomic mass is 9.93. The van der Waals surface area contributed by atoms with Gasteiger partial charge in [-0.1, -0.05) is 20.8 Å². The molecule has 0 fully saturated rings. The average Bonchev–Trinajstić information content (AvgIpc) is 1.78. The van der Waals surface area contributed by atoms with Crippen molar-refractivity contribution in [1.82, 2.24) is 0 Å². The first-order valence-electron chi connectivity index (χ1n) is 3.50. The molecule has 0 aliphatic rings. The van der Waals surface area contributed by atoms with Crippen LogP contribution in [-0.2, 0) is 0 Å². The standard InChI is InChI=1S/C8H16N2/c1-8(2,3)5-6-10-7-9-4/h7H,4-6H2,1-3H3. The second kappa shape index (κ2) is 4.20. The lowest BCUT2D eigenvalue weighted by molar-refractivity contribution is 0.385. The second-order valence-corrected chi connectivity index (χ2v) is 3.51. The number of hydrogen-bond donors (Lipinski definition) is 0. The zero-order valence-electron chi connectivity index (χ0n) is 7.09. The fourth-order valence-electron chi connectivity index (χ4n) is 0.515. The lowest BCUT2D eigenvalue weighted by Crippen LogP contribution is -2.06. The summed E-state index contributed by atoms with van der Waals surface area (Å²) < 4.78 is 0. The topological polar surface area (TPSA) is 24.7 Å². The average molecular weight is 140 g/mol. The molecule has 0 amide bonds. The Bertz CT molecular complexity index is 120. The van der Waals surface area contributed by atoms with E-state index in [1.54, 1.807) is 0 Å². The zero-order chi connectivity index (χ0) is 8.04.